The van der Waals surface area contributed by atoms with Crippen molar-refractivity contribution in [3.05, 3.63) is 37.8 Å². The van der Waals surface area contributed by atoms with Crippen molar-refractivity contribution < 1.29 is 14.5 Å². The van der Waals surface area contributed by atoms with Crippen LogP contribution in [0.25, 0.3) is 5.65 Å². The largest absolute Gasteiger partial charge is 0.469 e. The molecule has 18 heavy (non-hydrogen) atoms. The van der Waals surface area contributed by atoms with Crippen molar-refractivity contribution >= 4 is 39.9 Å². The number of pyridine rings is 1. The summed E-state index contributed by atoms with van der Waals surface area (Å²) >= 11 is 1.97. The summed E-state index contributed by atoms with van der Waals surface area (Å²) in [6, 6.07) is 1.44. The molecule has 0 aliphatic rings. The number of fused-ring (bicyclic) bond motifs is 1. The standard InChI is InChI=1S/C10H8IN3O4/c1-18-9(15)2-6-4-13-5-7(14(16)17)3-8(11)10(13)12-6/h3-5H,2H2,1H3. The maximum atomic E-state index is 11.1. The molecule has 0 saturated carbocycles. The molecule has 0 saturated heterocycles. The third-order valence-electron chi connectivity index (χ3n) is 2.31. The van der Waals surface area contributed by atoms with Gasteiger partial charge in [0.25, 0.3) is 5.69 Å². The van der Waals surface area contributed by atoms with Crippen LogP contribution in [0, 0.1) is 13.7 Å². The predicted molar refractivity (Wildman–Crippen MR) is 70.3 cm³/mol. The van der Waals surface area contributed by atoms with Gasteiger partial charge >= 0.3 is 5.97 Å². The summed E-state index contributed by atoms with van der Waals surface area (Å²) in [7, 11) is 1.30. The van der Waals surface area contributed by atoms with Crippen LogP contribution in [0.2, 0.25) is 0 Å². The lowest BCUT2D eigenvalue weighted by molar-refractivity contribution is -0.385. The Morgan fingerprint density at radius 1 is 1.61 bits per heavy atom. The maximum absolute atomic E-state index is 11.1. The number of nitro groups is 1. The quantitative estimate of drug-likeness (QED) is 0.358. The minimum atomic E-state index is -0.471. The minimum absolute atomic E-state index is 0.0195. The van der Waals surface area contributed by atoms with E-state index in [1.54, 1.807) is 6.20 Å². The van der Waals surface area contributed by atoms with E-state index in [9.17, 15) is 14.9 Å². The van der Waals surface area contributed by atoms with Crippen molar-refractivity contribution in [2.24, 2.45) is 0 Å². The van der Waals surface area contributed by atoms with E-state index in [0.29, 0.717) is 14.9 Å². The molecule has 0 amide bonds. The van der Waals surface area contributed by atoms with Gasteiger partial charge in [-0.3, -0.25) is 19.3 Å². The summed E-state index contributed by atoms with van der Waals surface area (Å²) in [6.07, 6.45) is 2.99. The zero-order valence-corrected chi connectivity index (χ0v) is 11.4. The molecule has 2 rings (SSSR count). The average Bonchev–Trinajstić information content (AvgIpc) is 2.71. The Hall–Kier alpha value is -1.71. The van der Waals surface area contributed by atoms with Crippen LogP contribution in [0.4, 0.5) is 5.69 Å². The van der Waals surface area contributed by atoms with E-state index >= 15 is 0 Å². The van der Waals surface area contributed by atoms with Crippen LogP contribution in [-0.4, -0.2) is 27.4 Å². The molecule has 7 nitrogen and oxygen atoms in total. The van der Waals surface area contributed by atoms with E-state index in [1.807, 2.05) is 22.6 Å². The number of esters is 1. The van der Waals surface area contributed by atoms with Gasteiger partial charge < -0.3 is 4.74 Å². The topological polar surface area (TPSA) is 86.7 Å². The Balaban J connectivity index is 2.47. The Morgan fingerprint density at radius 3 is 2.94 bits per heavy atom. The average molecular weight is 361 g/mol. The van der Waals surface area contributed by atoms with E-state index in [0.717, 1.165) is 0 Å². The van der Waals surface area contributed by atoms with Crippen LogP contribution < -0.4 is 0 Å². The summed E-state index contributed by atoms with van der Waals surface area (Å²) < 4.78 is 6.73. The summed E-state index contributed by atoms with van der Waals surface area (Å²) in [5.41, 5.74) is 1.08. The van der Waals surface area contributed by atoms with Crippen molar-refractivity contribution in [3.63, 3.8) is 0 Å². The number of hydrogen-bond donors (Lipinski definition) is 0. The van der Waals surface area contributed by atoms with Crippen LogP contribution in [0.3, 0.4) is 0 Å². The van der Waals surface area contributed by atoms with Crippen molar-refractivity contribution in [2.45, 2.75) is 6.42 Å². The first kappa shape index (κ1) is 12.7. The number of aromatic nitrogens is 2. The third kappa shape index (κ3) is 2.42. The molecule has 0 atom stereocenters. The molecule has 0 aliphatic carbocycles. The number of rotatable bonds is 3. The SMILES string of the molecule is COC(=O)Cc1cn2cc([N+](=O)[O-])cc(I)c2n1. The molecule has 0 radical (unpaired) electrons. The highest BCUT2D eigenvalue weighted by atomic mass is 127. The van der Waals surface area contributed by atoms with E-state index < -0.39 is 10.9 Å². The van der Waals surface area contributed by atoms with Crippen LogP contribution in [0.1, 0.15) is 5.69 Å². The lowest BCUT2D eigenvalue weighted by Gasteiger charge is -1.96. The molecule has 2 heterocycles. The fourth-order valence-electron chi connectivity index (χ4n) is 1.50. The summed E-state index contributed by atoms with van der Waals surface area (Å²) in [5.74, 6) is -0.400. The van der Waals surface area contributed by atoms with Crippen molar-refractivity contribution in [2.75, 3.05) is 7.11 Å². The van der Waals surface area contributed by atoms with Gasteiger partial charge in [0.1, 0.15) is 0 Å². The molecule has 0 aromatic carbocycles. The molecular weight excluding hydrogens is 353 g/mol. The van der Waals surface area contributed by atoms with E-state index in [1.165, 1.54) is 23.8 Å². The number of ether oxygens (including phenoxy) is 1. The molecule has 2 aromatic heterocycles. The lowest BCUT2D eigenvalue weighted by Crippen LogP contribution is -2.04. The molecule has 0 aliphatic heterocycles. The highest BCUT2D eigenvalue weighted by Gasteiger charge is 2.14. The number of nitrogens with zero attached hydrogens (tertiary/aromatic N) is 3. The first-order chi connectivity index (χ1) is 8.51. The smallest absolute Gasteiger partial charge is 0.311 e. The number of methoxy groups -OCH3 is 1. The van der Waals surface area contributed by atoms with Crippen molar-refractivity contribution in [1.82, 2.24) is 9.38 Å². The number of carbonyl (C=O) groups is 1. The minimum Gasteiger partial charge on any atom is -0.469 e. The second-order valence-electron chi connectivity index (χ2n) is 3.52. The lowest BCUT2D eigenvalue weighted by atomic mass is 10.3. The van der Waals surface area contributed by atoms with Crippen LogP contribution in [0.15, 0.2) is 18.5 Å². The number of hydrogen-bond acceptors (Lipinski definition) is 5. The number of carbonyl (C=O) groups excluding carboxylic acids is 1. The van der Waals surface area contributed by atoms with E-state index in [-0.39, 0.29) is 12.1 Å². The third-order valence-corrected chi connectivity index (χ3v) is 3.10. The molecule has 0 fully saturated rings. The maximum Gasteiger partial charge on any atom is 0.311 e. The number of imidazole rings is 1. The molecule has 0 bridgehead atoms. The molecule has 0 spiro atoms. The van der Waals surface area contributed by atoms with Gasteiger partial charge in [0, 0.05) is 12.3 Å². The monoisotopic (exact) mass is 361 g/mol. The highest BCUT2D eigenvalue weighted by Crippen LogP contribution is 2.20. The molecule has 94 valence electrons. The van der Waals surface area contributed by atoms with Gasteiger partial charge in [-0.05, 0) is 22.6 Å². The van der Waals surface area contributed by atoms with Gasteiger partial charge in [0.15, 0.2) is 5.65 Å². The molecule has 2 aromatic rings. The normalized spacial score (nSPS) is 10.6. The van der Waals surface area contributed by atoms with E-state index in [2.05, 4.69) is 9.72 Å². The van der Waals surface area contributed by atoms with E-state index in [4.69, 9.17) is 0 Å². The summed E-state index contributed by atoms with van der Waals surface area (Å²) in [6.45, 7) is 0. The molecular formula is C10H8IN3O4. The Morgan fingerprint density at radius 2 is 2.33 bits per heavy atom. The van der Waals surface area contributed by atoms with Crippen LogP contribution in [0.5, 0.6) is 0 Å². The first-order valence-electron chi connectivity index (χ1n) is 4.89. The summed E-state index contributed by atoms with van der Waals surface area (Å²) in [5, 5.41) is 10.7. The van der Waals surface area contributed by atoms with Gasteiger partial charge in [-0.15, -0.1) is 0 Å². The molecule has 0 N–H and O–H groups in total. The van der Waals surface area contributed by atoms with Gasteiger partial charge in [-0.1, -0.05) is 0 Å². The zero-order valence-electron chi connectivity index (χ0n) is 9.29. The fourth-order valence-corrected chi connectivity index (χ4v) is 2.22. The van der Waals surface area contributed by atoms with Gasteiger partial charge in [-0.2, -0.15) is 0 Å². The van der Waals surface area contributed by atoms with Gasteiger partial charge in [0.05, 0.1) is 33.9 Å². The van der Waals surface area contributed by atoms with Crippen LogP contribution >= 0.6 is 22.6 Å². The molecule has 0 unspecified atom stereocenters. The van der Waals surface area contributed by atoms with Crippen molar-refractivity contribution in [3.8, 4) is 0 Å². The fraction of sp³-hybridized carbons (Fsp3) is 0.200. The Bertz CT molecular complexity index is 637. The molecule has 8 heteroatoms. The van der Waals surface area contributed by atoms with Crippen molar-refractivity contribution in [1.29, 1.82) is 0 Å². The summed E-state index contributed by atoms with van der Waals surface area (Å²) in [4.78, 5) is 25.6. The second-order valence-corrected chi connectivity index (χ2v) is 4.68. The Labute approximate surface area is 115 Å². The number of halogens is 1. The predicted octanol–water partition coefficient (Wildman–Crippen LogP) is 1.56. The Kier molecular flexibility index (Phi) is 3.45. The first-order valence-corrected chi connectivity index (χ1v) is 5.97. The highest BCUT2D eigenvalue weighted by molar-refractivity contribution is 14.1. The van der Waals surface area contributed by atoms with Crippen LogP contribution in [-0.2, 0) is 16.0 Å². The van der Waals surface area contributed by atoms with Gasteiger partial charge in [0.2, 0.25) is 0 Å². The second kappa shape index (κ2) is 4.88. The van der Waals surface area contributed by atoms with Gasteiger partial charge in [-0.25, -0.2) is 4.98 Å². The zero-order chi connectivity index (χ0) is 13.3.